The summed E-state index contributed by atoms with van der Waals surface area (Å²) in [7, 11) is 0. The maximum absolute atomic E-state index is 12.8. The van der Waals surface area contributed by atoms with E-state index in [2.05, 4.69) is 59.8 Å². The number of rotatable bonds is 9. The number of carbonyl (C=O) groups is 1. The fourth-order valence-corrected chi connectivity index (χ4v) is 5.51. The number of carbonyl (C=O) groups excluding carboxylic acids is 1. The van der Waals surface area contributed by atoms with E-state index in [-0.39, 0.29) is 11.5 Å². The summed E-state index contributed by atoms with van der Waals surface area (Å²) in [5.74, 6) is 0.741. The number of hydrogen-bond donors (Lipinski definition) is 5. The molecule has 1 spiro atoms. The molecule has 0 aliphatic carbocycles. The van der Waals surface area contributed by atoms with Crippen LogP contribution in [0.5, 0.6) is 0 Å². The molecule has 10 nitrogen and oxygen atoms in total. The SMILES string of the molecule is C=CCNC(=O)c1cnc(Nc2ccc(N3CCC4(CCNCC4)CC3)cc2)nc1Nc1cccc(C(C)(C)O)n1. The van der Waals surface area contributed by atoms with E-state index >= 15 is 0 Å². The lowest BCUT2D eigenvalue weighted by molar-refractivity contribution is 0.0740. The zero-order valence-corrected chi connectivity index (χ0v) is 23.9. The average Bonchev–Trinajstić information content (AvgIpc) is 2.97. The fourth-order valence-electron chi connectivity index (χ4n) is 5.51. The van der Waals surface area contributed by atoms with Crippen LogP contribution in [0, 0.1) is 5.41 Å². The molecule has 3 aromatic rings. The maximum Gasteiger partial charge on any atom is 0.256 e. The highest BCUT2D eigenvalue weighted by Crippen LogP contribution is 2.40. The van der Waals surface area contributed by atoms with Crippen molar-refractivity contribution in [2.45, 2.75) is 45.1 Å². The maximum atomic E-state index is 12.8. The largest absolute Gasteiger partial charge is 0.384 e. The number of benzene rings is 1. The lowest BCUT2D eigenvalue weighted by Gasteiger charge is -2.45. The Morgan fingerprint density at radius 3 is 2.49 bits per heavy atom. The molecule has 0 unspecified atom stereocenters. The number of nitrogens with zero attached hydrogens (tertiary/aromatic N) is 4. The Balaban J connectivity index is 1.31. The normalized spacial score (nSPS) is 16.7. The number of hydrogen-bond acceptors (Lipinski definition) is 9. The van der Waals surface area contributed by atoms with Crippen LogP contribution in [0.15, 0.2) is 61.3 Å². The first-order chi connectivity index (χ1) is 19.7. The number of amides is 1. The van der Waals surface area contributed by atoms with Crippen molar-refractivity contribution in [3.63, 3.8) is 0 Å². The van der Waals surface area contributed by atoms with E-state index in [0.29, 0.717) is 35.2 Å². The Kier molecular flexibility index (Phi) is 8.51. The van der Waals surface area contributed by atoms with Crippen LogP contribution in [0.3, 0.4) is 0 Å². The van der Waals surface area contributed by atoms with E-state index in [4.69, 9.17) is 0 Å². The monoisotopic (exact) mass is 556 g/mol. The van der Waals surface area contributed by atoms with E-state index in [1.807, 2.05) is 12.1 Å². The predicted octanol–water partition coefficient (Wildman–Crippen LogP) is 4.47. The second kappa shape index (κ2) is 12.2. The first-order valence-corrected chi connectivity index (χ1v) is 14.3. The van der Waals surface area contributed by atoms with Gasteiger partial charge in [-0.3, -0.25) is 4.79 Å². The van der Waals surface area contributed by atoms with Crippen LogP contribution in [-0.4, -0.2) is 58.7 Å². The zero-order valence-electron chi connectivity index (χ0n) is 23.9. The molecule has 10 heteroatoms. The van der Waals surface area contributed by atoms with Crippen LogP contribution < -0.4 is 26.2 Å². The molecular formula is C31H40N8O2. The summed E-state index contributed by atoms with van der Waals surface area (Å²) in [5.41, 5.74) is 2.22. The summed E-state index contributed by atoms with van der Waals surface area (Å²) in [5, 5.41) is 23.0. The van der Waals surface area contributed by atoms with Gasteiger partial charge in [-0.2, -0.15) is 4.98 Å². The minimum Gasteiger partial charge on any atom is -0.384 e. The van der Waals surface area contributed by atoms with Crippen molar-refractivity contribution in [3.05, 3.63) is 72.6 Å². The summed E-state index contributed by atoms with van der Waals surface area (Å²) in [6, 6.07) is 13.6. The Labute approximate surface area is 241 Å². The third-order valence-corrected chi connectivity index (χ3v) is 8.04. The van der Waals surface area contributed by atoms with Crippen LogP contribution in [0.25, 0.3) is 0 Å². The number of aliphatic hydroxyl groups is 1. The van der Waals surface area contributed by atoms with E-state index in [9.17, 15) is 9.90 Å². The summed E-state index contributed by atoms with van der Waals surface area (Å²) in [6.45, 7) is 11.8. The minimum atomic E-state index is -1.12. The summed E-state index contributed by atoms with van der Waals surface area (Å²) in [6.07, 6.45) is 8.16. The van der Waals surface area contributed by atoms with E-state index in [1.165, 1.54) is 37.6 Å². The van der Waals surface area contributed by atoms with Gasteiger partial charge in [0.2, 0.25) is 5.95 Å². The average molecular weight is 557 g/mol. The molecule has 2 fully saturated rings. The molecule has 5 rings (SSSR count). The van der Waals surface area contributed by atoms with Crippen molar-refractivity contribution >= 4 is 34.9 Å². The van der Waals surface area contributed by atoms with Crippen LogP contribution in [-0.2, 0) is 5.60 Å². The Morgan fingerprint density at radius 2 is 1.80 bits per heavy atom. The fraction of sp³-hybridized carbons (Fsp3) is 0.419. The first-order valence-electron chi connectivity index (χ1n) is 14.3. The van der Waals surface area contributed by atoms with Gasteiger partial charge in [0.1, 0.15) is 22.8 Å². The van der Waals surface area contributed by atoms with Gasteiger partial charge in [0.05, 0.1) is 5.69 Å². The number of aromatic nitrogens is 3. The highest BCUT2D eigenvalue weighted by molar-refractivity contribution is 5.99. The third kappa shape index (κ3) is 7.01. The molecule has 5 N–H and O–H groups in total. The van der Waals surface area contributed by atoms with E-state index in [0.717, 1.165) is 31.9 Å². The smallest absolute Gasteiger partial charge is 0.256 e. The molecule has 0 radical (unpaired) electrons. The first kappa shape index (κ1) is 28.5. The molecule has 41 heavy (non-hydrogen) atoms. The van der Waals surface area contributed by atoms with Crippen LogP contribution in [0.1, 0.15) is 55.6 Å². The van der Waals surface area contributed by atoms with Crippen LogP contribution in [0.2, 0.25) is 0 Å². The number of anilines is 5. The number of nitrogens with one attached hydrogen (secondary N) is 4. The van der Waals surface area contributed by atoms with Gasteiger partial charge >= 0.3 is 0 Å². The molecule has 1 amide bonds. The second-order valence-corrected chi connectivity index (χ2v) is 11.5. The van der Waals surface area contributed by atoms with Gasteiger partial charge < -0.3 is 31.3 Å². The molecular weight excluding hydrogens is 516 g/mol. The lowest BCUT2D eigenvalue weighted by Crippen LogP contribution is -2.45. The zero-order chi connectivity index (χ0) is 28.9. The Bertz CT molecular complexity index is 1350. The van der Waals surface area contributed by atoms with E-state index in [1.54, 1.807) is 38.1 Å². The molecule has 1 aromatic carbocycles. The summed E-state index contributed by atoms with van der Waals surface area (Å²) < 4.78 is 0. The van der Waals surface area contributed by atoms with Crippen molar-refractivity contribution in [2.24, 2.45) is 5.41 Å². The van der Waals surface area contributed by atoms with Gasteiger partial charge in [0.15, 0.2) is 0 Å². The van der Waals surface area contributed by atoms with Crippen LogP contribution >= 0.6 is 0 Å². The quantitative estimate of drug-likeness (QED) is 0.243. The van der Waals surface area contributed by atoms with Gasteiger partial charge in [-0.15, -0.1) is 6.58 Å². The molecule has 216 valence electrons. The molecule has 0 bridgehead atoms. The highest BCUT2D eigenvalue weighted by Gasteiger charge is 2.35. The van der Waals surface area contributed by atoms with Gasteiger partial charge in [-0.05, 0) is 94.4 Å². The predicted molar refractivity (Wildman–Crippen MR) is 163 cm³/mol. The van der Waals surface area contributed by atoms with Gasteiger partial charge in [0.25, 0.3) is 5.91 Å². The van der Waals surface area contributed by atoms with Gasteiger partial charge in [0, 0.05) is 37.2 Å². The van der Waals surface area contributed by atoms with Crippen molar-refractivity contribution in [2.75, 3.05) is 48.3 Å². The summed E-state index contributed by atoms with van der Waals surface area (Å²) in [4.78, 5) is 28.8. The molecule has 2 aliphatic rings. The van der Waals surface area contributed by atoms with Crippen LogP contribution in [0.4, 0.5) is 29.0 Å². The van der Waals surface area contributed by atoms with Crippen molar-refractivity contribution in [3.8, 4) is 0 Å². The number of pyridine rings is 1. The molecule has 4 heterocycles. The standard InChI is InChI=1S/C31H40N8O2/c1-4-16-33-28(40)24-21-34-29(38-27(24)37-26-7-5-6-25(36-26)30(2,3)41)35-22-8-10-23(11-9-22)39-19-14-31(15-20-39)12-17-32-18-13-31/h4-11,21,32,41H,1,12-20H2,2-3H3,(H,33,40)(H2,34,35,36,37,38). The van der Waals surface area contributed by atoms with E-state index < -0.39 is 5.60 Å². The summed E-state index contributed by atoms with van der Waals surface area (Å²) >= 11 is 0. The Morgan fingerprint density at radius 1 is 1.07 bits per heavy atom. The highest BCUT2D eigenvalue weighted by atomic mass is 16.3. The van der Waals surface area contributed by atoms with Gasteiger partial charge in [-0.25, -0.2) is 9.97 Å². The molecule has 0 atom stereocenters. The van der Waals surface area contributed by atoms with Gasteiger partial charge in [-0.1, -0.05) is 12.1 Å². The topological polar surface area (TPSA) is 127 Å². The number of piperidine rings is 2. The van der Waals surface area contributed by atoms with Crippen molar-refractivity contribution in [1.82, 2.24) is 25.6 Å². The Hall–Kier alpha value is -4.02. The minimum absolute atomic E-state index is 0.264. The lowest BCUT2D eigenvalue weighted by atomic mass is 9.71. The molecule has 2 aliphatic heterocycles. The molecule has 2 aromatic heterocycles. The third-order valence-electron chi connectivity index (χ3n) is 8.04. The van der Waals surface area contributed by atoms with Crippen molar-refractivity contribution in [1.29, 1.82) is 0 Å². The second-order valence-electron chi connectivity index (χ2n) is 11.5. The molecule has 2 saturated heterocycles. The molecule has 0 saturated carbocycles. The van der Waals surface area contributed by atoms with Crippen molar-refractivity contribution < 1.29 is 9.90 Å².